The number of nitrogens with zero attached hydrogens (tertiary/aromatic N) is 1. The van der Waals surface area contributed by atoms with Crippen molar-refractivity contribution in [3.63, 3.8) is 0 Å². The molecule has 1 aromatic carbocycles. The maximum absolute atomic E-state index is 12.6. The Labute approximate surface area is 111 Å². The van der Waals surface area contributed by atoms with Crippen LogP contribution in [-0.2, 0) is 6.54 Å². The molecule has 4 heteroatoms. The first-order valence-corrected chi connectivity index (χ1v) is 6.30. The van der Waals surface area contributed by atoms with Crippen molar-refractivity contribution in [3.05, 3.63) is 59.3 Å². The summed E-state index contributed by atoms with van der Waals surface area (Å²) in [6.45, 7) is 1.45. The molecule has 1 aliphatic heterocycles. The summed E-state index contributed by atoms with van der Waals surface area (Å²) in [5, 5.41) is 3.28. The SMILES string of the molecule is Nc1ncccc1C(=O)C1CNCc2ccccc21. The zero-order chi connectivity index (χ0) is 13.2. The van der Waals surface area contributed by atoms with E-state index in [4.69, 9.17) is 5.73 Å². The first-order chi connectivity index (χ1) is 9.27. The molecule has 0 saturated carbocycles. The van der Waals surface area contributed by atoms with E-state index < -0.39 is 0 Å². The number of nitrogen functional groups attached to an aromatic ring is 1. The monoisotopic (exact) mass is 253 g/mol. The standard InChI is InChI=1S/C15H15N3O/c16-15-12(6-3-7-18-15)14(19)13-9-17-8-10-4-1-2-5-11(10)13/h1-7,13,17H,8-9H2,(H2,16,18). The van der Waals surface area contributed by atoms with Gasteiger partial charge < -0.3 is 11.1 Å². The van der Waals surface area contributed by atoms with Crippen LogP contribution in [0.3, 0.4) is 0 Å². The Morgan fingerprint density at radius 3 is 2.95 bits per heavy atom. The number of nitrogens with one attached hydrogen (secondary N) is 1. The molecule has 0 amide bonds. The molecule has 4 nitrogen and oxygen atoms in total. The molecule has 0 aliphatic carbocycles. The third-order valence-electron chi connectivity index (χ3n) is 3.51. The predicted octanol–water partition coefficient (Wildman–Crippen LogP) is 1.73. The van der Waals surface area contributed by atoms with Crippen LogP contribution in [-0.4, -0.2) is 17.3 Å². The van der Waals surface area contributed by atoms with Crippen LogP contribution in [0.1, 0.15) is 27.4 Å². The predicted molar refractivity (Wildman–Crippen MR) is 73.9 cm³/mol. The molecule has 0 fully saturated rings. The van der Waals surface area contributed by atoms with E-state index in [1.807, 2.05) is 24.3 Å². The third kappa shape index (κ3) is 2.11. The van der Waals surface area contributed by atoms with Crippen LogP contribution >= 0.6 is 0 Å². The van der Waals surface area contributed by atoms with Gasteiger partial charge in [0.15, 0.2) is 5.78 Å². The van der Waals surface area contributed by atoms with Crippen LogP contribution in [0.25, 0.3) is 0 Å². The number of nitrogens with two attached hydrogens (primary N) is 1. The zero-order valence-electron chi connectivity index (χ0n) is 10.5. The zero-order valence-corrected chi connectivity index (χ0v) is 10.5. The summed E-state index contributed by atoms with van der Waals surface area (Å²) in [7, 11) is 0. The molecule has 2 heterocycles. The first kappa shape index (κ1) is 11.9. The highest BCUT2D eigenvalue weighted by atomic mass is 16.1. The molecule has 1 unspecified atom stereocenters. The smallest absolute Gasteiger partial charge is 0.175 e. The highest BCUT2D eigenvalue weighted by Gasteiger charge is 2.28. The van der Waals surface area contributed by atoms with E-state index in [9.17, 15) is 4.79 Å². The van der Waals surface area contributed by atoms with E-state index in [0.29, 0.717) is 17.9 Å². The number of aromatic nitrogens is 1. The topological polar surface area (TPSA) is 68.0 Å². The van der Waals surface area contributed by atoms with E-state index in [0.717, 1.165) is 12.1 Å². The van der Waals surface area contributed by atoms with Gasteiger partial charge in [-0.2, -0.15) is 0 Å². The molecule has 1 aliphatic rings. The van der Waals surface area contributed by atoms with Gasteiger partial charge in [-0.15, -0.1) is 0 Å². The molecule has 3 N–H and O–H groups in total. The number of carbonyl (C=O) groups excluding carboxylic acids is 1. The number of carbonyl (C=O) groups is 1. The number of ketones is 1. The fourth-order valence-corrected chi connectivity index (χ4v) is 2.54. The van der Waals surface area contributed by atoms with E-state index in [1.54, 1.807) is 18.3 Å². The molecule has 0 saturated heterocycles. The molecule has 0 spiro atoms. The minimum absolute atomic E-state index is 0.0326. The molecule has 2 aromatic rings. The number of Topliss-reactive ketones (excluding diaryl/α,β-unsaturated/α-hetero) is 1. The van der Waals surface area contributed by atoms with Crippen LogP contribution in [0.4, 0.5) is 5.82 Å². The number of anilines is 1. The molecule has 19 heavy (non-hydrogen) atoms. The van der Waals surface area contributed by atoms with Crippen molar-refractivity contribution in [2.45, 2.75) is 12.5 Å². The molecular formula is C15H15N3O. The summed E-state index contributed by atoms with van der Waals surface area (Å²) in [4.78, 5) is 16.6. The van der Waals surface area contributed by atoms with Crippen molar-refractivity contribution in [2.75, 3.05) is 12.3 Å². The van der Waals surface area contributed by atoms with E-state index in [1.165, 1.54) is 5.56 Å². The molecule has 3 rings (SSSR count). The Hall–Kier alpha value is -2.20. The van der Waals surface area contributed by atoms with E-state index in [2.05, 4.69) is 10.3 Å². The molecule has 96 valence electrons. The largest absolute Gasteiger partial charge is 0.383 e. The maximum atomic E-state index is 12.6. The minimum Gasteiger partial charge on any atom is -0.383 e. The summed E-state index contributed by atoms with van der Waals surface area (Å²) in [6.07, 6.45) is 1.60. The number of hydrogen-bond donors (Lipinski definition) is 2. The van der Waals surface area contributed by atoms with Crippen LogP contribution in [0, 0.1) is 0 Å². The van der Waals surface area contributed by atoms with Gasteiger partial charge in [-0.05, 0) is 23.3 Å². The fraction of sp³-hybridized carbons (Fsp3) is 0.200. The summed E-state index contributed by atoms with van der Waals surface area (Å²) < 4.78 is 0. The lowest BCUT2D eigenvalue weighted by Gasteiger charge is -2.25. The van der Waals surface area contributed by atoms with Gasteiger partial charge in [-0.25, -0.2) is 4.98 Å². The fourth-order valence-electron chi connectivity index (χ4n) is 2.54. The lowest BCUT2D eigenvalue weighted by atomic mass is 9.85. The second-order valence-electron chi connectivity index (χ2n) is 4.68. The number of benzene rings is 1. The summed E-state index contributed by atoms with van der Waals surface area (Å²) in [5.41, 5.74) is 8.57. The van der Waals surface area contributed by atoms with Crippen LogP contribution in [0.5, 0.6) is 0 Å². The summed E-state index contributed by atoms with van der Waals surface area (Å²) >= 11 is 0. The quantitative estimate of drug-likeness (QED) is 0.800. The van der Waals surface area contributed by atoms with Gasteiger partial charge in [0.1, 0.15) is 5.82 Å². The lowest BCUT2D eigenvalue weighted by Crippen LogP contribution is -2.33. The Morgan fingerprint density at radius 2 is 2.11 bits per heavy atom. The van der Waals surface area contributed by atoms with Crippen molar-refractivity contribution in [3.8, 4) is 0 Å². The maximum Gasteiger partial charge on any atom is 0.175 e. The molecule has 0 bridgehead atoms. The lowest BCUT2D eigenvalue weighted by molar-refractivity contribution is 0.0955. The van der Waals surface area contributed by atoms with Crippen molar-refractivity contribution in [1.82, 2.24) is 10.3 Å². The van der Waals surface area contributed by atoms with Crippen molar-refractivity contribution in [2.24, 2.45) is 0 Å². The van der Waals surface area contributed by atoms with Crippen molar-refractivity contribution >= 4 is 11.6 Å². The highest BCUT2D eigenvalue weighted by Crippen LogP contribution is 2.28. The minimum atomic E-state index is -0.184. The van der Waals surface area contributed by atoms with Gasteiger partial charge in [0, 0.05) is 19.3 Å². The molecular weight excluding hydrogens is 238 g/mol. The first-order valence-electron chi connectivity index (χ1n) is 6.30. The van der Waals surface area contributed by atoms with E-state index in [-0.39, 0.29) is 11.7 Å². The highest BCUT2D eigenvalue weighted by molar-refractivity contribution is 6.04. The molecule has 0 radical (unpaired) electrons. The molecule has 1 atom stereocenters. The number of rotatable bonds is 2. The van der Waals surface area contributed by atoms with Gasteiger partial charge in [0.2, 0.25) is 0 Å². The summed E-state index contributed by atoms with van der Waals surface area (Å²) in [5.74, 6) is 0.150. The van der Waals surface area contributed by atoms with Crippen molar-refractivity contribution < 1.29 is 4.79 Å². The normalized spacial score (nSPS) is 17.8. The third-order valence-corrected chi connectivity index (χ3v) is 3.51. The van der Waals surface area contributed by atoms with Gasteiger partial charge >= 0.3 is 0 Å². The number of fused-ring (bicyclic) bond motifs is 1. The Balaban J connectivity index is 2.00. The number of hydrogen-bond acceptors (Lipinski definition) is 4. The molecule has 1 aromatic heterocycles. The van der Waals surface area contributed by atoms with Gasteiger partial charge in [0.05, 0.1) is 11.5 Å². The van der Waals surface area contributed by atoms with E-state index >= 15 is 0 Å². The van der Waals surface area contributed by atoms with Gasteiger partial charge in [-0.3, -0.25) is 4.79 Å². The number of pyridine rings is 1. The van der Waals surface area contributed by atoms with Crippen LogP contribution in [0.15, 0.2) is 42.6 Å². The van der Waals surface area contributed by atoms with Gasteiger partial charge in [-0.1, -0.05) is 24.3 Å². The Bertz CT molecular complexity index is 624. The van der Waals surface area contributed by atoms with Crippen LogP contribution in [0.2, 0.25) is 0 Å². The second-order valence-corrected chi connectivity index (χ2v) is 4.68. The van der Waals surface area contributed by atoms with Crippen LogP contribution < -0.4 is 11.1 Å². The Kier molecular flexibility index (Phi) is 3.01. The average molecular weight is 253 g/mol. The average Bonchev–Trinajstić information content (AvgIpc) is 2.46. The summed E-state index contributed by atoms with van der Waals surface area (Å²) in [6, 6.07) is 11.5. The van der Waals surface area contributed by atoms with Crippen molar-refractivity contribution in [1.29, 1.82) is 0 Å². The second kappa shape index (κ2) is 4.82. The Morgan fingerprint density at radius 1 is 1.26 bits per heavy atom. The van der Waals surface area contributed by atoms with Gasteiger partial charge in [0.25, 0.3) is 0 Å².